The highest BCUT2D eigenvalue weighted by Gasteiger charge is 2.18. The van der Waals surface area contributed by atoms with E-state index in [-0.39, 0.29) is 30.6 Å². The van der Waals surface area contributed by atoms with Crippen molar-refractivity contribution in [1.82, 2.24) is 20.1 Å². The number of hydrogen-bond acceptors (Lipinski definition) is 6. The molecule has 0 aliphatic carbocycles. The third kappa shape index (κ3) is 4.94. The number of thioether (sulfide) groups is 1. The van der Waals surface area contributed by atoms with Crippen LogP contribution in [-0.4, -0.2) is 32.3 Å². The zero-order valence-electron chi connectivity index (χ0n) is 14.1. The Morgan fingerprint density at radius 2 is 2.00 bits per heavy atom. The van der Waals surface area contributed by atoms with Gasteiger partial charge in [-0.2, -0.15) is 0 Å². The van der Waals surface area contributed by atoms with Gasteiger partial charge in [0.25, 0.3) is 0 Å². The highest BCUT2D eigenvalue weighted by molar-refractivity contribution is 7.99. The van der Waals surface area contributed by atoms with E-state index in [1.807, 2.05) is 0 Å². The van der Waals surface area contributed by atoms with Crippen LogP contribution in [0.3, 0.4) is 0 Å². The first-order valence-electron chi connectivity index (χ1n) is 7.92. The molecule has 27 heavy (non-hydrogen) atoms. The second-order valence-corrected chi connectivity index (χ2v) is 6.47. The maximum Gasteiger partial charge on any atom is 0.237 e. The molecule has 0 fully saturated rings. The lowest BCUT2D eigenvalue weighted by molar-refractivity contribution is -0.119. The standard InChI is InChI=1S/C17H16FN5O3S/c18-12-5-3-11(4-6-12)8-20-15(25)10-27-17-22-21-16(13-2-1-7-26-13)23(17)9-14(19)24/h1-7H,8-10H2,(H2,19,24)(H,20,25). The Morgan fingerprint density at radius 3 is 2.67 bits per heavy atom. The first kappa shape index (κ1) is 18.6. The van der Waals surface area contributed by atoms with Crippen molar-refractivity contribution in [2.75, 3.05) is 5.75 Å². The van der Waals surface area contributed by atoms with Crippen LogP contribution in [0.5, 0.6) is 0 Å². The highest BCUT2D eigenvalue weighted by Crippen LogP contribution is 2.24. The molecule has 3 N–H and O–H groups in total. The van der Waals surface area contributed by atoms with E-state index >= 15 is 0 Å². The molecule has 10 heteroatoms. The predicted molar refractivity (Wildman–Crippen MR) is 95.9 cm³/mol. The van der Waals surface area contributed by atoms with Crippen LogP contribution >= 0.6 is 11.8 Å². The smallest absolute Gasteiger partial charge is 0.237 e. The number of furan rings is 1. The number of carbonyl (C=O) groups excluding carboxylic acids is 2. The summed E-state index contributed by atoms with van der Waals surface area (Å²) in [4.78, 5) is 23.4. The Bertz CT molecular complexity index is 925. The minimum Gasteiger partial charge on any atom is -0.461 e. The van der Waals surface area contributed by atoms with Crippen LogP contribution in [-0.2, 0) is 22.7 Å². The zero-order valence-corrected chi connectivity index (χ0v) is 14.9. The molecule has 3 rings (SSSR count). The van der Waals surface area contributed by atoms with Gasteiger partial charge in [-0.1, -0.05) is 23.9 Å². The lowest BCUT2D eigenvalue weighted by atomic mass is 10.2. The van der Waals surface area contributed by atoms with Crippen molar-refractivity contribution in [2.45, 2.75) is 18.2 Å². The van der Waals surface area contributed by atoms with Gasteiger partial charge in [0, 0.05) is 6.54 Å². The summed E-state index contributed by atoms with van der Waals surface area (Å²) in [6, 6.07) is 9.24. The fraction of sp³-hybridized carbons (Fsp3) is 0.176. The van der Waals surface area contributed by atoms with E-state index in [9.17, 15) is 14.0 Å². The number of aromatic nitrogens is 3. The third-order valence-corrected chi connectivity index (χ3v) is 4.47. The Balaban J connectivity index is 1.62. The molecule has 2 aromatic heterocycles. The van der Waals surface area contributed by atoms with Crippen LogP contribution in [0, 0.1) is 5.82 Å². The summed E-state index contributed by atoms with van der Waals surface area (Å²) in [6.07, 6.45) is 1.48. The average molecular weight is 389 g/mol. The van der Waals surface area contributed by atoms with Crippen molar-refractivity contribution >= 4 is 23.6 Å². The average Bonchev–Trinajstić information content (AvgIpc) is 3.29. The Kier molecular flexibility index (Phi) is 5.87. The topological polar surface area (TPSA) is 116 Å². The molecule has 0 radical (unpaired) electrons. The molecule has 0 saturated carbocycles. The van der Waals surface area contributed by atoms with Crippen molar-refractivity contribution in [3.63, 3.8) is 0 Å². The van der Waals surface area contributed by atoms with E-state index in [4.69, 9.17) is 10.2 Å². The fourth-order valence-electron chi connectivity index (χ4n) is 2.27. The zero-order chi connectivity index (χ0) is 19.2. The number of primary amides is 1. The summed E-state index contributed by atoms with van der Waals surface area (Å²) in [6.45, 7) is 0.147. The van der Waals surface area contributed by atoms with Gasteiger partial charge in [0.15, 0.2) is 10.9 Å². The molecule has 0 atom stereocenters. The summed E-state index contributed by atoms with van der Waals surface area (Å²) < 4.78 is 19.7. The quantitative estimate of drug-likeness (QED) is 0.565. The molecule has 2 amide bonds. The summed E-state index contributed by atoms with van der Waals surface area (Å²) in [5, 5.41) is 11.1. The van der Waals surface area contributed by atoms with Gasteiger partial charge >= 0.3 is 0 Å². The van der Waals surface area contributed by atoms with Gasteiger partial charge in [-0.05, 0) is 29.8 Å². The SMILES string of the molecule is NC(=O)Cn1c(SCC(=O)NCc2ccc(F)cc2)nnc1-c1ccco1. The van der Waals surface area contributed by atoms with E-state index < -0.39 is 5.91 Å². The van der Waals surface area contributed by atoms with Crippen LogP contribution in [0.15, 0.2) is 52.2 Å². The summed E-state index contributed by atoms with van der Waals surface area (Å²) in [5.74, 6) is -0.273. The number of hydrogen-bond donors (Lipinski definition) is 2. The Morgan fingerprint density at radius 1 is 1.22 bits per heavy atom. The van der Waals surface area contributed by atoms with Gasteiger partial charge in [-0.15, -0.1) is 10.2 Å². The van der Waals surface area contributed by atoms with E-state index in [0.29, 0.717) is 16.7 Å². The first-order chi connectivity index (χ1) is 13.0. The monoisotopic (exact) mass is 389 g/mol. The van der Waals surface area contributed by atoms with Crippen LogP contribution in [0.2, 0.25) is 0 Å². The van der Waals surface area contributed by atoms with Crippen molar-refractivity contribution in [2.24, 2.45) is 5.73 Å². The molecule has 0 aliphatic heterocycles. The van der Waals surface area contributed by atoms with Gasteiger partial charge in [0.2, 0.25) is 17.6 Å². The van der Waals surface area contributed by atoms with E-state index in [2.05, 4.69) is 15.5 Å². The summed E-state index contributed by atoms with van der Waals surface area (Å²) in [7, 11) is 0. The Hall–Kier alpha value is -3.14. The van der Waals surface area contributed by atoms with E-state index in [1.54, 1.807) is 24.3 Å². The van der Waals surface area contributed by atoms with Gasteiger partial charge in [-0.25, -0.2) is 4.39 Å². The van der Waals surface area contributed by atoms with Gasteiger partial charge in [-0.3, -0.25) is 14.2 Å². The molecule has 2 heterocycles. The van der Waals surface area contributed by atoms with Crippen molar-refractivity contribution < 1.29 is 18.4 Å². The van der Waals surface area contributed by atoms with Crippen molar-refractivity contribution in [1.29, 1.82) is 0 Å². The Labute approximate surface area is 157 Å². The molecular weight excluding hydrogens is 373 g/mol. The lowest BCUT2D eigenvalue weighted by Crippen LogP contribution is -2.25. The molecule has 1 aromatic carbocycles. The molecule has 0 saturated heterocycles. The van der Waals surface area contributed by atoms with Crippen LogP contribution in [0.25, 0.3) is 11.6 Å². The number of amides is 2. The normalized spacial score (nSPS) is 10.7. The van der Waals surface area contributed by atoms with Gasteiger partial charge < -0.3 is 15.5 Å². The largest absolute Gasteiger partial charge is 0.461 e. The van der Waals surface area contributed by atoms with Crippen molar-refractivity contribution in [3.05, 3.63) is 54.0 Å². The van der Waals surface area contributed by atoms with Crippen molar-refractivity contribution in [3.8, 4) is 11.6 Å². The molecule has 140 valence electrons. The number of benzene rings is 1. The lowest BCUT2D eigenvalue weighted by Gasteiger charge is -2.07. The first-order valence-corrected chi connectivity index (χ1v) is 8.91. The second-order valence-electron chi connectivity index (χ2n) is 5.53. The van der Waals surface area contributed by atoms with E-state index in [0.717, 1.165) is 17.3 Å². The van der Waals surface area contributed by atoms with Crippen LogP contribution in [0.1, 0.15) is 5.56 Å². The second kappa shape index (κ2) is 8.49. The third-order valence-electron chi connectivity index (χ3n) is 3.51. The predicted octanol–water partition coefficient (Wildman–Crippen LogP) is 1.57. The molecule has 8 nitrogen and oxygen atoms in total. The number of nitrogens with one attached hydrogen (secondary N) is 1. The van der Waals surface area contributed by atoms with Crippen LogP contribution < -0.4 is 11.1 Å². The maximum atomic E-state index is 12.9. The summed E-state index contributed by atoms with van der Waals surface area (Å²) >= 11 is 1.12. The van der Waals surface area contributed by atoms with Crippen LogP contribution in [0.4, 0.5) is 4.39 Å². The molecule has 0 unspecified atom stereocenters. The maximum absolute atomic E-state index is 12.9. The highest BCUT2D eigenvalue weighted by atomic mass is 32.2. The summed E-state index contributed by atoms with van der Waals surface area (Å²) in [5.41, 5.74) is 6.08. The van der Waals surface area contributed by atoms with Gasteiger partial charge in [0.05, 0.1) is 12.0 Å². The minimum atomic E-state index is -0.565. The molecule has 0 aliphatic rings. The number of rotatable bonds is 8. The number of nitrogens with zero attached hydrogens (tertiary/aromatic N) is 3. The fourth-order valence-corrected chi connectivity index (χ4v) is 3.03. The molecule has 0 bridgehead atoms. The number of carbonyl (C=O) groups is 2. The molecular formula is C17H16FN5O3S. The molecule has 0 spiro atoms. The number of halogens is 1. The number of nitrogens with two attached hydrogens (primary N) is 1. The van der Waals surface area contributed by atoms with Gasteiger partial charge in [0.1, 0.15) is 12.4 Å². The van der Waals surface area contributed by atoms with E-state index in [1.165, 1.54) is 23.0 Å². The molecule has 3 aromatic rings. The minimum absolute atomic E-state index is 0.0657.